The molecule has 0 spiro atoms. The van der Waals surface area contributed by atoms with Gasteiger partial charge in [-0.25, -0.2) is 0 Å². The maximum atomic E-state index is 12.7. The minimum atomic E-state index is -0.0877. The van der Waals surface area contributed by atoms with Crippen LogP contribution in [0.2, 0.25) is 0 Å². The number of aliphatic imine (C=N–C) groups is 1. The summed E-state index contributed by atoms with van der Waals surface area (Å²) >= 11 is 0. The Kier molecular flexibility index (Phi) is 12.4. The highest BCUT2D eigenvalue weighted by Crippen LogP contribution is 2.12. The van der Waals surface area contributed by atoms with Crippen molar-refractivity contribution in [3.8, 4) is 0 Å². The third kappa shape index (κ3) is 10.1. The number of allylic oxidation sites excluding steroid dienone is 2. The first-order chi connectivity index (χ1) is 15.1. The second-order valence-corrected chi connectivity index (χ2v) is 8.52. The van der Waals surface area contributed by atoms with Crippen molar-refractivity contribution < 1.29 is 9.59 Å². The van der Waals surface area contributed by atoms with Crippen LogP contribution in [0.15, 0.2) is 40.3 Å². The van der Waals surface area contributed by atoms with E-state index in [1.54, 1.807) is 6.21 Å². The summed E-state index contributed by atoms with van der Waals surface area (Å²) in [5, 5.41) is 6.20. The second kappa shape index (κ2) is 14.5. The van der Waals surface area contributed by atoms with E-state index in [1.807, 2.05) is 63.9 Å². The lowest BCUT2D eigenvalue weighted by Crippen LogP contribution is -2.40. The number of nitrogens with zero attached hydrogens (tertiary/aromatic N) is 3. The largest absolute Gasteiger partial charge is 0.381 e. The maximum Gasteiger partial charge on any atom is 0.250 e. The van der Waals surface area contributed by atoms with Crippen LogP contribution in [-0.2, 0) is 9.59 Å². The molecule has 0 fully saturated rings. The minimum Gasteiger partial charge on any atom is -0.381 e. The molecule has 1 amide bonds. The fraction of sp³-hybridized carbons (Fsp3) is 0.625. The number of ketones is 1. The zero-order valence-corrected chi connectivity index (χ0v) is 20.6. The number of carbonyl (C=O) groups is 2. The van der Waals surface area contributed by atoms with Gasteiger partial charge in [-0.15, -0.1) is 0 Å². The van der Waals surface area contributed by atoms with Gasteiger partial charge in [0.2, 0.25) is 5.91 Å². The smallest absolute Gasteiger partial charge is 0.250 e. The number of Topliss-reactive ketones (excluding diaryl/α,β-unsaturated/α-hetero) is 1. The molecule has 1 aliphatic rings. The van der Waals surface area contributed by atoms with Gasteiger partial charge in [0.15, 0.2) is 5.78 Å². The summed E-state index contributed by atoms with van der Waals surface area (Å²) < 4.78 is 0. The molecule has 0 aliphatic carbocycles. The predicted molar refractivity (Wildman–Crippen MR) is 132 cm³/mol. The normalized spacial score (nSPS) is 17.5. The number of rotatable bonds is 14. The summed E-state index contributed by atoms with van der Waals surface area (Å²) in [5.74, 6) is 0.827. The Morgan fingerprint density at radius 1 is 1.28 bits per heavy atom. The van der Waals surface area contributed by atoms with Crippen molar-refractivity contribution in [3.63, 3.8) is 0 Å². The average molecular weight is 447 g/mol. The molecule has 1 heterocycles. The van der Waals surface area contributed by atoms with Crippen molar-refractivity contribution in [1.29, 1.82) is 0 Å². The van der Waals surface area contributed by atoms with Crippen LogP contribution >= 0.6 is 0 Å². The van der Waals surface area contributed by atoms with Crippen LogP contribution in [0.1, 0.15) is 52.9 Å². The van der Waals surface area contributed by atoms with E-state index in [1.165, 1.54) is 0 Å². The number of hydrogen-bond acceptors (Lipinski definition) is 7. The summed E-state index contributed by atoms with van der Waals surface area (Å²) in [4.78, 5) is 33.3. The first-order valence-electron chi connectivity index (χ1n) is 11.4. The SMILES string of the molecule is CC/C(C(=O)NCN(C)/C(=C\CC(C)N)NCC(=O)CCC1CC=CC=N1)=C(\C)N(C)C. The van der Waals surface area contributed by atoms with Crippen molar-refractivity contribution in [3.05, 3.63) is 35.3 Å². The van der Waals surface area contributed by atoms with Gasteiger partial charge >= 0.3 is 0 Å². The molecule has 0 bridgehead atoms. The lowest BCUT2D eigenvalue weighted by molar-refractivity contribution is -0.119. The fourth-order valence-corrected chi connectivity index (χ4v) is 3.22. The Balaban J connectivity index is 2.64. The first kappa shape index (κ1) is 27.4. The van der Waals surface area contributed by atoms with E-state index in [4.69, 9.17) is 5.73 Å². The quantitative estimate of drug-likeness (QED) is 0.279. The van der Waals surface area contributed by atoms with Crippen LogP contribution in [0, 0.1) is 0 Å². The van der Waals surface area contributed by atoms with Gasteiger partial charge in [0, 0.05) is 51.1 Å². The summed E-state index contributed by atoms with van der Waals surface area (Å²) in [6, 6.07) is 0.196. The third-order valence-corrected chi connectivity index (χ3v) is 5.46. The summed E-state index contributed by atoms with van der Waals surface area (Å²) in [6.45, 7) is 6.40. The Bertz CT molecular complexity index is 737. The monoisotopic (exact) mass is 446 g/mol. The van der Waals surface area contributed by atoms with E-state index >= 15 is 0 Å². The fourth-order valence-electron chi connectivity index (χ4n) is 3.22. The zero-order valence-electron chi connectivity index (χ0n) is 20.6. The second-order valence-electron chi connectivity index (χ2n) is 8.52. The molecular formula is C24H42N6O2. The van der Waals surface area contributed by atoms with Crippen molar-refractivity contribution in [2.75, 3.05) is 34.4 Å². The van der Waals surface area contributed by atoms with Crippen LogP contribution in [-0.4, -0.2) is 74.1 Å². The topological polar surface area (TPSA) is 103 Å². The highest BCUT2D eigenvalue weighted by molar-refractivity contribution is 5.93. The number of carbonyl (C=O) groups excluding carboxylic acids is 2. The molecule has 2 unspecified atom stereocenters. The van der Waals surface area contributed by atoms with E-state index in [0.29, 0.717) is 25.9 Å². The maximum absolute atomic E-state index is 12.7. The Morgan fingerprint density at radius 2 is 2.00 bits per heavy atom. The molecule has 8 nitrogen and oxygen atoms in total. The van der Waals surface area contributed by atoms with Crippen molar-refractivity contribution in [1.82, 2.24) is 20.4 Å². The van der Waals surface area contributed by atoms with Gasteiger partial charge < -0.3 is 26.2 Å². The summed E-state index contributed by atoms with van der Waals surface area (Å²) in [7, 11) is 5.73. The summed E-state index contributed by atoms with van der Waals surface area (Å²) in [6.07, 6.45) is 11.2. The first-order valence-corrected chi connectivity index (χ1v) is 11.4. The van der Waals surface area contributed by atoms with Gasteiger partial charge in [-0.05, 0) is 51.7 Å². The molecule has 0 radical (unpaired) electrons. The average Bonchev–Trinajstić information content (AvgIpc) is 2.76. The minimum absolute atomic E-state index is 0.0000730. The van der Waals surface area contributed by atoms with Crippen molar-refractivity contribution in [2.45, 2.75) is 65.0 Å². The van der Waals surface area contributed by atoms with E-state index in [0.717, 1.165) is 29.9 Å². The van der Waals surface area contributed by atoms with Gasteiger partial charge in [-0.3, -0.25) is 14.6 Å². The van der Waals surface area contributed by atoms with Crippen LogP contribution in [0.4, 0.5) is 0 Å². The van der Waals surface area contributed by atoms with Gasteiger partial charge in [-0.1, -0.05) is 13.0 Å². The number of amides is 1. The molecule has 32 heavy (non-hydrogen) atoms. The number of nitrogens with two attached hydrogens (primary N) is 1. The molecule has 180 valence electrons. The molecule has 0 aromatic carbocycles. The van der Waals surface area contributed by atoms with Crippen LogP contribution in [0.5, 0.6) is 0 Å². The Morgan fingerprint density at radius 3 is 2.56 bits per heavy atom. The number of nitrogens with one attached hydrogen (secondary N) is 2. The van der Waals surface area contributed by atoms with Crippen molar-refractivity contribution in [2.24, 2.45) is 10.7 Å². The van der Waals surface area contributed by atoms with E-state index in [-0.39, 0.29) is 30.3 Å². The number of hydrogen-bond donors (Lipinski definition) is 3. The molecule has 0 aromatic heterocycles. The highest BCUT2D eigenvalue weighted by Gasteiger charge is 2.15. The lowest BCUT2D eigenvalue weighted by Gasteiger charge is -2.25. The van der Waals surface area contributed by atoms with Crippen molar-refractivity contribution >= 4 is 17.9 Å². The molecule has 0 saturated carbocycles. The molecule has 1 aliphatic heterocycles. The third-order valence-electron chi connectivity index (χ3n) is 5.46. The molecular weight excluding hydrogens is 404 g/mol. The summed E-state index contributed by atoms with van der Waals surface area (Å²) in [5.41, 5.74) is 7.61. The number of dihydropyridines is 1. The van der Waals surface area contributed by atoms with E-state index < -0.39 is 0 Å². The molecule has 0 saturated heterocycles. The van der Waals surface area contributed by atoms with Gasteiger partial charge in [0.25, 0.3) is 0 Å². The van der Waals surface area contributed by atoms with E-state index in [2.05, 4.69) is 21.7 Å². The Labute approximate surface area is 193 Å². The van der Waals surface area contributed by atoms with Crippen LogP contribution < -0.4 is 16.4 Å². The molecule has 4 N–H and O–H groups in total. The molecule has 2 atom stereocenters. The standard InChI is InChI=1S/C24H42N6O2/c1-7-22(19(3)29(4)5)24(32)28-17-30(6)23(14-11-18(2)25)27-16-21(31)13-12-20-10-8-9-15-26-20/h8-9,14-15,18,20,27H,7,10-13,16-17,25H2,1-6H3,(H,28,32)/b22-19-,23-14-. The zero-order chi connectivity index (χ0) is 24.1. The van der Waals surface area contributed by atoms with Gasteiger partial charge in [0.1, 0.15) is 0 Å². The van der Waals surface area contributed by atoms with Crippen LogP contribution in [0.25, 0.3) is 0 Å². The van der Waals surface area contributed by atoms with E-state index in [9.17, 15) is 9.59 Å². The van der Waals surface area contributed by atoms with Gasteiger partial charge in [-0.2, -0.15) is 0 Å². The molecule has 8 heteroatoms. The van der Waals surface area contributed by atoms with Crippen LogP contribution in [0.3, 0.4) is 0 Å². The molecule has 0 aromatic rings. The highest BCUT2D eigenvalue weighted by atomic mass is 16.2. The lowest BCUT2D eigenvalue weighted by atomic mass is 10.0. The predicted octanol–water partition coefficient (Wildman–Crippen LogP) is 2.15. The molecule has 1 rings (SSSR count). The Hall–Kier alpha value is -2.61. The van der Waals surface area contributed by atoms with Gasteiger partial charge in [0.05, 0.1) is 25.1 Å².